The van der Waals surface area contributed by atoms with Crippen molar-refractivity contribution in [2.45, 2.75) is 30.8 Å². The van der Waals surface area contributed by atoms with E-state index in [4.69, 9.17) is 14.2 Å². The molecule has 1 aromatic carbocycles. The highest BCUT2D eigenvalue weighted by Crippen LogP contribution is 2.41. The van der Waals surface area contributed by atoms with Crippen molar-refractivity contribution >= 4 is 5.97 Å². The summed E-state index contributed by atoms with van der Waals surface area (Å²) in [6.45, 7) is 1.27. The SMILES string of the molecule is Cc1cn([C@@H]2CO[C@@]3(CO)CO[C@@H]2[C@@H]3OC(=O)c2ccccc2)c(=O)[nH]c1=O. The first kappa shape index (κ1) is 18.6. The molecule has 28 heavy (non-hydrogen) atoms. The number of hydrogen-bond acceptors (Lipinski definition) is 7. The minimum Gasteiger partial charge on any atom is -0.453 e. The molecule has 1 aromatic heterocycles. The fourth-order valence-electron chi connectivity index (χ4n) is 3.67. The summed E-state index contributed by atoms with van der Waals surface area (Å²) in [5.41, 5.74) is -1.55. The summed E-state index contributed by atoms with van der Waals surface area (Å²) in [6.07, 6.45) is -0.196. The summed E-state index contributed by atoms with van der Waals surface area (Å²) >= 11 is 0. The minimum absolute atomic E-state index is 0.0223. The Morgan fingerprint density at radius 1 is 1.36 bits per heavy atom. The summed E-state index contributed by atoms with van der Waals surface area (Å²) in [5.74, 6) is -0.576. The predicted octanol–water partition coefficient (Wildman–Crippen LogP) is -0.228. The van der Waals surface area contributed by atoms with Gasteiger partial charge in [0, 0.05) is 11.8 Å². The Morgan fingerprint density at radius 3 is 2.82 bits per heavy atom. The van der Waals surface area contributed by atoms with Crippen molar-refractivity contribution in [1.82, 2.24) is 9.55 Å². The van der Waals surface area contributed by atoms with Crippen LogP contribution >= 0.6 is 0 Å². The van der Waals surface area contributed by atoms with Crippen LogP contribution in [0.25, 0.3) is 0 Å². The largest absolute Gasteiger partial charge is 0.453 e. The number of nitrogens with one attached hydrogen (secondary N) is 1. The Hall–Kier alpha value is -2.75. The van der Waals surface area contributed by atoms with E-state index in [1.807, 2.05) is 0 Å². The van der Waals surface area contributed by atoms with Crippen LogP contribution in [0.15, 0.2) is 46.1 Å². The third-order valence-electron chi connectivity index (χ3n) is 5.27. The van der Waals surface area contributed by atoms with Crippen molar-refractivity contribution in [3.63, 3.8) is 0 Å². The van der Waals surface area contributed by atoms with Gasteiger partial charge in [0.1, 0.15) is 6.10 Å². The average molecular weight is 388 g/mol. The second-order valence-corrected chi connectivity index (χ2v) is 7.05. The lowest BCUT2D eigenvalue weighted by atomic mass is 9.90. The summed E-state index contributed by atoms with van der Waals surface area (Å²) in [4.78, 5) is 38.8. The lowest BCUT2D eigenvalue weighted by Crippen LogP contribution is -2.58. The zero-order chi connectivity index (χ0) is 19.9. The fourth-order valence-corrected chi connectivity index (χ4v) is 3.67. The third kappa shape index (κ3) is 2.97. The number of aliphatic hydroxyl groups excluding tert-OH is 1. The lowest BCUT2D eigenvalue weighted by Gasteiger charge is -2.40. The number of benzene rings is 1. The van der Waals surface area contributed by atoms with Gasteiger partial charge in [-0.15, -0.1) is 0 Å². The molecule has 4 atom stereocenters. The molecule has 148 valence electrons. The van der Waals surface area contributed by atoms with E-state index in [0.29, 0.717) is 11.1 Å². The van der Waals surface area contributed by atoms with Gasteiger partial charge < -0.3 is 19.3 Å². The Kier molecular flexibility index (Phi) is 4.66. The number of aryl methyl sites for hydroxylation is 1. The molecule has 2 aromatic rings. The van der Waals surface area contributed by atoms with E-state index in [2.05, 4.69) is 4.98 Å². The first-order valence-electron chi connectivity index (χ1n) is 8.90. The first-order valence-corrected chi connectivity index (χ1v) is 8.90. The summed E-state index contributed by atoms with van der Waals surface area (Å²) < 4.78 is 18.6. The van der Waals surface area contributed by atoms with Crippen molar-refractivity contribution in [2.24, 2.45) is 0 Å². The molecular weight excluding hydrogens is 368 g/mol. The molecule has 2 saturated heterocycles. The Bertz CT molecular complexity index is 999. The van der Waals surface area contributed by atoms with Gasteiger partial charge in [-0.25, -0.2) is 9.59 Å². The van der Waals surface area contributed by atoms with Gasteiger partial charge in [-0.2, -0.15) is 0 Å². The summed E-state index contributed by atoms with van der Waals surface area (Å²) in [7, 11) is 0. The van der Waals surface area contributed by atoms with Crippen LogP contribution < -0.4 is 11.2 Å². The standard InChI is InChI=1S/C19H20N2O7/c1-11-7-21(18(25)20-16(11)23)13-8-27-19(9-22)10-26-14(13)15(19)28-17(24)12-5-3-2-4-6-12/h2-7,13-15,22H,8-10H2,1H3,(H,20,23,25)/t13-,14+,15+,19+/m1/s1. The van der Waals surface area contributed by atoms with Crippen LogP contribution in [0, 0.1) is 6.92 Å². The van der Waals surface area contributed by atoms with E-state index >= 15 is 0 Å². The van der Waals surface area contributed by atoms with Gasteiger partial charge in [-0.3, -0.25) is 14.3 Å². The van der Waals surface area contributed by atoms with Gasteiger partial charge in [0.15, 0.2) is 11.7 Å². The van der Waals surface area contributed by atoms with Crippen molar-refractivity contribution in [1.29, 1.82) is 0 Å². The van der Waals surface area contributed by atoms with Crippen molar-refractivity contribution in [3.05, 3.63) is 68.5 Å². The molecule has 0 saturated carbocycles. The Labute approximate surface area is 159 Å². The number of esters is 1. The highest BCUT2D eigenvalue weighted by Gasteiger charge is 2.60. The fraction of sp³-hybridized carbons (Fsp3) is 0.421. The predicted molar refractivity (Wildman–Crippen MR) is 96.3 cm³/mol. The number of nitrogens with zero attached hydrogens (tertiary/aromatic N) is 1. The number of aromatic amines is 1. The molecule has 0 unspecified atom stereocenters. The number of H-pyrrole nitrogens is 1. The molecule has 0 amide bonds. The molecule has 0 radical (unpaired) electrons. The molecule has 0 aliphatic carbocycles. The first-order chi connectivity index (χ1) is 13.4. The van der Waals surface area contributed by atoms with Gasteiger partial charge in [-0.05, 0) is 19.1 Å². The number of hydrogen-bond donors (Lipinski definition) is 2. The van der Waals surface area contributed by atoms with Gasteiger partial charge >= 0.3 is 11.7 Å². The van der Waals surface area contributed by atoms with E-state index in [1.54, 1.807) is 37.3 Å². The highest BCUT2D eigenvalue weighted by atomic mass is 16.6. The Morgan fingerprint density at radius 2 is 2.11 bits per heavy atom. The molecule has 0 spiro atoms. The molecule has 9 nitrogen and oxygen atoms in total. The van der Waals surface area contributed by atoms with Crippen LogP contribution in [-0.4, -0.2) is 58.3 Å². The van der Waals surface area contributed by atoms with Crippen molar-refractivity contribution in [3.8, 4) is 0 Å². The molecule has 2 fully saturated rings. The number of fused-ring (bicyclic) bond motifs is 2. The molecular formula is C19H20N2O7. The number of aliphatic hydroxyl groups is 1. The number of ether oxygens (including phenoxy) is 3. The second-order valence-electron chi connectivity index (χ2n) is 7.05. The maximum atomic E-state index is 12.6. The van der Waals surface area contributed by atoms with Crippen LogP contribution in [0.5, 0.6) is 0 Å². The normalized spacial score (nSPS) is 28.9. The minimum atomic E-state index is -1.19. The zero-order valence-corrected chi connectivity index (χ0v) is 15.2. The van der Waals surface area contributed by atoms with Crippen LogP contribution in [0.2, 0.25) is 0 Å². The quantitative estimate of drug-likeness (QED) is 0.695. The maximum Gasteiger partial charge on any atom is 0.338 e. The van der Waals surface area contributed by atoms with E-state index in [-0.39, 0.29) is 13.2 Å². The summed E-state index contributed by atoms with van der Waals surface area (Å²) in [6, 6.07) is 7.82. The zero-order valence-electron chi connectivity index (χ0n) is 15.2. The van der Waals surface area contributed by atoms with Gasteiger partial charge in [0.2, 0.25) is 0 Å². The van der Waals surface area contributed by atoms with Crippen molar-refractivity contribution < 1.29 is 24.1 Å². The number of aromatic nitrogens is 2. The van der Waals surface area contributed by atoms with Crippen molar-refractivity contribution in [2.75, 3.05) is 19.8 Å². The van der Waals surface area contributed by atoms with Crippen LogP contribution in [-0.2, 0) is 14.2 Å². The van der Waals surface area contributed by atoms with Gasteiger partial charge in [-0.1, -0.05) is 18.2 Å². The van der Waals surface area contributed by atoms with E-state index in [0.717, 1.165) is 0 Å². The smallest absolute Gasteiger partial charge is 0.338 e. The molecule has 3 heterocycles. The molecule has 2 bridgehead atoms. The van der Waals surface area contributed by atoms with Crippen LogP contribution in [0.3, 0.4) is 0 Å². The average Bonchev–Trinajstić information content (AvgIpc) is 2.93. The molecule has 2 aliphatic rings. The molecule has 2 N–H and O–H groups in total. The number of carbonyl (C=O) groups is 1. The van der Waals surface area contributed by atoms with E-state index in [9.17, 15) is 19.5 Å². The molecule has 9 heteroatoms. The summed E-state index contributed by atoms with van der Waals surface area (Å²) in [5, 5.41) is 9.90. The Balaban J connectivity index is 1.67. The van der Waals surface area contributed by atoms with E-state index in [1.165, 1.54) is 10.8 Å². The highest BCUT2D eigenvalue weighted by molar-refractivity contribution is 5.89. The molecule has 4 rings (SSSR count). The number of rotatable bonds is 4. The lowest BCUT2D eigenvalue weighted by molar-refractivity contribution is -0.168. The monoisotopic (exact) mass is 388 g/mol. The van der Waals surface area contributed by atoms with Gasteiger partial charge in [0.25, 0.3) is 5.56 Å². The topological polar surface area (TPSA) is 120 Å². The van der Waals surface area contributed by atoms with Crippen LogP contribution in [0.1, 0.15) is 22.0 Å². The van der Waals surface area contributed by atoms with E-state index < -0.39 is 47.7 Å². The van der Waals surface area contributed by atoms with Gasteiger partial charge in [0.05, 0.1) is 31.4 Å². The number of carbonyl (C=O) groups excluding carboxylic acids is 1. The second kappa shape index (κ2) is 7.01. The maximum absolute atomic E-state index is 12.6. The third-order valence-corrected chi connectivity index (χ3v) is 5.27. The van der Waals surface area contributed by atoms with Crippen LogP contribution in [0.4, 0.5) is 0 Å². The molecule has 2 aliphatic heterocycles.